The Morgan fingerprint density at radius 2 is 2.00 bits per heavy atom. The fraction of sp³-hybridized carbons (Fsp3) is 0.227. The van der Waals surface area contributed by atoms with Crippen molar-refractivity contribution in [2.45, 2.75) is 25.3 Å². The summed E-state index contributed by atoms with van der Waals surface area (Å²) in [6.07, 6.45) is 16.1. The second-order valence-corrected chi connectivity index (χ2v) is 7.62. The highest BCUT2D eigenvalue weighted by Gasteiger charge is 2.16. The molecule has 0 saturated carbocycles. The van der Waals surface area contributed by atoms with Crippen LogP contribution in [0.3, 0.4) is 0 Å². The van der Waals surface area contributed by atoms with E-state index in [1.807, 2.05) is 17.7 Å². The Morgan fingerprint density at radius 1 is 1.08 bits per heavy atom. The van der Waals surface area contributed by atoms with Gasteiger partial charge in [0.2, 0.25) is 0 Å². The Balaban J connectivity index is 1.38. The van der Waals surface area contributed by atoms with Gasteiger partial charge in [0, 0.05) is 27.4 Å². The normalized spacial score (nSPS) is 21.8. The highest BCUT2D eigenvalue weighted by molar-refractivity contribution is 7.15. The number of aliphatic imine (C=N–C) groups is 1. The summed E-state index contributed by atoms with van der Waals surface area (Å²) in [5.41, 5.74) is 2.50. The van der Waals surface area contributed by atoms with Crippen LogP contribution in [0.15, 0.2) is 83.5 Å². The van der Waals surface area contributed by atoms with E-state index < -0.39 is 0 Å². The van der Waals surface area contributed by atoms with E-state index in [0.717, 1.165) is 19.3 Å². The lowest BCUT2D eigenvalue weighted by atomic mass is 9.94. The molecule has 0 amide bonds. The van der Waals surface area contributed by atoms with Crippen molar-refractivity contribution in [1.82, 2.24) is 5.32 Å². The van der Waals surface area contributed by atoms with Crippen LogP contribution in [-0.4, -0.2) is 12.4 Å². The summed E-state index contributed by atoms with van der Waals surface area (Å²) in [7, 11) is 0. The lowest BCUT2D eigenvalue weighted by Gasteiger charge is -2.22. The maximum absolute atomic E-state index is 4.54. The predicted octanol–water partition coefficient (Wildman–Crippen LogP) is 5.36. The van der Waals surface area contributed by atoms with Crippen molar-refractivity contribution in [3.8, 4) is 10.4 Å². The van der Waals surface area contributed by atoms with E-state index in [4.69, 9.17) is 0 Å². The first-order valence-corrected chi connectivity index (χ1v) is 9.68. The van der Waals surface area contributed by atoms with Gasteiger partial charge in [-0.15, -0.1) is 11.3 Å². The quantitative estimate of drug-likeness (QED) is 0.774. The molecule has 2 nitrogen and oxygen atoms in total. The van der Waals surface area contributed by atoms with Gasteiger partial charge >= 0.3 is 0 Å². The topological polar surface area (TPSA) is 24.4 Å². The van der Waals surface area contributed by atoms with Crippen LogP contribution in [0.4, 0.5) is 0 Å². The van der Waals surface area contributed by atoms with Crippen LogP contribution < -0.4 is 5.32 Å². The van der Waals surface area contributed by atoms with Gasteiger partial charge in [0.25, 0.3) is 0 Å². The summed E-state index contributed by atoms with van der Waals surface area (Å²) in [6.45, 7) is 0. The summed E-state index contributed by atoms with van der Waals surface area (Å²) >= 11 is 1.90. The zero-order valence-corrected chi connectivity index (χ0v) is 15.0. The molecule has 0 spiro atoms. The van der Waals surface area contributed by atoms with Gasteiger partial charge in [0.15, 0.2) is 0 Å². The average Bonchev–Trinajstić information content (AvgIpc) is 3.17. The summed E-state index contributed by atoms with van der Waals surface area (Å²) in [4.78, 5) is 7.34. The van der Waals surface area contributed by atoms with Crippen LogP contribution in [-0.2, 0) is 6.42 Å². The average molecular weight is 346 g/mol. The molecule has 3 heteroatoms. The molecule has 1 aromatic heterocycles. The molecule has 0 fully saturated rings. The van der Waals surface area contributed by atoms with Crippen LogP contribution in [0.5, 0.6) is 0 Å². The van der Waals surface area contributed by atoms with Crippen molar-refractivity contribution in [2.75, 3.05) is 0 Å². The Kier molecular flexibility index (Phi) is 4.93. The van der Waals surface area contributed by atoms with Gasteiger partial charge in [-0.2, -0.15) is 0 Å². The molecule has 2 heterocycles. The highest BCUT2D eigenvalue weighted by atomic mass is 32.1. The molecule has 1 N–H and O–H groups in total. The van der Waals surface area contributed by atoms with Gasteiger partial charge in [-0.1, -0.05) is 54.6 Å². The minimum Gasteiger partial charge on any atom is -0.370 e. The van der Waals surface area contributed by atoms with E-state index in [9.17, 15) is 0 Å². The number of benzene rings is 1. The molecular weight excluding hydrogens is 324 g/mol. The number of nitrogens with zero attached hydrogens (tertiary/aromatic N) is 1. The molecule has 2 aromatic rings. The van der Waals surface area contributed by atoms with Crippen LogP contribution in [0.2, 0.25) is 0 Å². The van der Waals surface area contributed by atoms with E-state index >= 15 is 0 Å². The first-order chi connectivity index (χ1) is 12.4. The Hall–Kier alpha value is -2.39. The Bertz CT molecular complexity index is 827. The zero-order chi connectivity index (χ0) is 16.9. The number of thiophene rings is 1. The minimum absolute atomic E-state index is 0.370. The molecule has 2 aliphatic rings. The maximum Gasteiger partial charge on any atom is 0.0887 e. The first-order valence-electron chi connectivity index (χ1n) is 8.86. The Morgan fingerprint density at radius 3 is 2.84 bits per heavy atom. The fourth-order valence-corrected chi connectivity index (χ4v) is 4.29. The van der Waals surface area contributed by atoms with Crippen LogP contribution in [0.1, 0.15) is 17.7 Å². The van der Waals surface area contributed by atoms with Crippen molar-refractivity contribution in [3.05, 3.63) is 83.4 Å². The van der Waals surface area contributed by atoms with Crippen molar-refractivity contribution >= 4 is 17.7 Å². The summed E-state index contributed by atoms with van der Waals surface area (Å²) < 4.78 is 0. The van der Waals surface area contributed by atoms with Crippen molar-refractivity contribution in [3.63, 3.8) is 0 Å². The van der Waals surface area contributed by atoms with E-state index in [2.05, 4.69) is 83.2 Å². The molecule has 0 bridgehead atoms. The molecule has 0 radical (unpaired) electrons. The van der Waals surface area contributed by atoms with Gasteiger partial charge in [-0.25, -0.2) is 4.99 Å². The zero-order valence-electron chi connectivity index (χ0n) is 14.1. The molecule has 1 aliphatic heterocycles. The molecule has 2 unspecified atom stereocenters. The van der Waals surface area contributed by atoms with Gasteiger partial charge in [0.05, 0.1) is 6.34 Å². The highest BCUT2D eigenvalue weighted by Crippen LogP contribution is 2.29. The number of rotatable bonds is 5. The predicted molar refractivity (Wildman–Crippen MR) is 108 cm³/mol. The first kappa shape index (κ1) is 16.1. The van der Waals surface area contributed by atoms with E-state index in [1.54, 1.807) is 0 Å². The number of allylic oxidation sites excluding steroid dienone is 4. The third-order valence-corrected chi connectivity index (χ3v) is 5.85. The molecule has 0 saturated heterocycles. The second-order valence-electron chi connectivity index (χ2n) is 6.45. The molecule has 2 atom stereocenters. The molecule has 4 rings (SSSR count). The minimum atomic E-state index is 0.370. The SMILES string of the molecule is C1=CCC(C2=CC(CCc3ccc(-c4ccccc4)s3)NC=N2)C=C1. The summed E-state index contributed by atoms with van der Waals surface area (Å²) in [5, 5.41) is 3.39. The lowest BCUT2D eigenvalue weighted by Crippen LogP contribution is -2.30. The maximum atomic E-state index is 4.54. The van der Waals surface area contributed by atoms with Crippen LogP contribution in [0.25, 0.3) is 10.4 Å². The van der Waals surface area contributed by atoms with Crippen LogP contribution in [0, 0.1) is 5.92 Å². The molecular formula is C22H22N2S. The van der Waals surface area contributed by atoms with Crippen molar-refractivity contribution < 1.29 is 0 Å². The molecule has 1 aromatic carbocycles. The van der Waals surface area contributed by atoms with Gasteiger partial charge in [-0.05, 0) is 43.0 Å². The largest absolute Gasteiger partial charge is 0.370 e. The number of hydrogen-bond acceptors (Lipinski definition) is 3. The molecule has 1 aliphatic carbocycles. The monoisotopic (exact) mass is 346 g/mol. The summed E-state index contributed by atoms with van der Waals surface area (Å²) in [6, 6.07) is 15.5. The van der Waals surface area contributed by atoms with Crippen molar-refractivity contribution in [1.29, 1.82) is 0 Å². The van der Waals surface area contributed by atoms with Crippen molar-refractivity contribution in [2.24, 2.45) is 10.9 Å². The molecule has 126 valence electrons. The third-order valence-electron chi connectivity index (χ3n) is 4.66. The smallest absolute Gasteiger partial charge is 0.0887 e. The van der Waals surface area contributed by atoms with E-state index in [1.165, 1.54) is 21.0 Å². The van der Waals surface area contributed by atoms with Gasteiger partial charge < -0.3 is 5.32 Å². The number of hydrogen-bond donors (Lipinski definition) is 1. The van der Waals surface area contributed by atoms with Crippen LogP contribution >= 0.6 is 11.3 Å². The lowest BCUT2D eigenvalue weighted by molar-refractivity contribution is 0.634. The van der Waals surface area contributed by atoms with E-state index in [0.29, 0.717) is 12.0 Å². The third kappa shape index (κ3) is 3.99. The molecule has 25 heavy (non-hydrogen) atoms. The fourth-order valence-electron chi connectivity index (χ4n) is 3.26. The standard InChI is InChI=1S/C22H22N2S/c1-3-7-17(8-4-1)21-15-19(23-16-24-21)11-12-20-13-14-22(25-20)18-9-5-2-6-10-18/h1-7,9-10,13-17,19H,8,11-12H2,(H,23,24). The Labute approximate surface area is 153 Å². The van der Waals surface area contributed by atoms with Gasteiger partial charge in [-0.3, -0.25) is 0 Å². The summed E-state index contributed by atoms with van der Waals surface area (Å²) in [5.74, 6) is 0.428. The second kappa shape index (κ2) is 7.66. The van der Waals surface area contributed by atoms with Gasteiger partial charge in [0.1, 0.15) is 0 Å². The number of nitrogens with one attached hydrogen (secondary N) is 1. The number of aryl methyl sites for hydroxylation is 1. The van der Waals surface area contributed by atoms with E-state index in [-0.39, 0.29) is 0 Å².